The van der Waals surface area contributed by atoms with Crippen LogP contribution in [0.15, 0.2) is 0 Å². The van der Waals surface area contributed by atoms with Crippen LogP contribution in [0.5, 0.6) is 0 Å². The van der Waals surface area contributed by atoms with Gasteiger partial charge in [-0.25, -0.2) is 9.97 Å². The SMILES string of the molecule is CCc1nc(Cl)c(C)c(NCC(C)(C)CCO)n1. The zero-order chi connectivity index (χ0) is 13.8. The molecular formula is C13H22ClN3O. The van der Waals surface area contributed by atoms with Gasteiger partial charge in [0.15, 0.2) is 0 Å². The lowest BCUT2D eigenvalue weighted by Crippen LogP contribution is -2.25. The van der Waals surface area contributed by atoms with Crippen LogP contribution in [0.4, 0.5) is 5.82 Å². The summed E-state index contributed by atoms with van der Waals surface area (Å²) >= 11 is 6.08. The summed E-state index contributed by atoms with van der Waals surface area (Å²) in [4.78, 5) is 8.65. The van der Waals surface area contributed by atoms with E-state index >= 15 is 0 Å². The number of rotatable bonds is 6. The highest BCUT2D eigenvalue weighted by Gasteiger charge is 2.18. The third-order valence-corrected chi connectivity index (χ3v) is 3.34. The molecule has 0 unspecified atom stereocenters. The lowest BCUT2D eigenvalue weighted by atomic mass is 9.90. The van der Waals surface area contributed by atoms with Crippen LogP contribution < -0.4 is 5.32 Å². The summed E-state index contributed by atoms with van der Waals surface area (Å²) in [5.74, 6) is 1.53. The summed E-state index contributed by atoms with van der Waals surface area (Å²) in [5, 5.41) is 12.8. The molecule has 1 aromatic rings. The highest BCUT2D eigenvalue weighted by Crippen LogP contribution is 2.24. The predicted octanol–water partition coefficient (Wildman–Crippen LogP) is 2.82. The molecular weight excluding hydrogens is 250 g/mol. The van der Waals surface area contributed by atoms with Gasteiger partial charge in [0.05, 0.1) is 0 Å². The number of aromatic nitrogens is 2. The monoisotopic (exact) mass is 271 g/mol. The second kappa shape index (κ2) is 6.34. The topological polar surface area (TPSA) is 58.0 Å². The molecule has 0 fully saturated rings. The first kappa shape index (κ1) is 15.2. The van der Waals surface area contributed by atoms with E-state index in [1.54, 1.807) is 0 Å². The summed E-state index contributed by atoms with van der Waals surface area (Å²) in [6.07, 6.45) is 1.51. The van der Waals surface area contributed by atoms with Crippen molar-refractivity contribution in [2.75, 3.05) is 18.5 Å². The number of hydrogen-bond acceptors (Lipinski definition) is 4. The van der Waals surface area contributed by atoms with E-state index in [0.29, 0.717) is 5.15 Å². The van der Waals surface area contributed by atoms with Gasteiger partial charge in [-0.15, -0.1) is 0 Å². The first-order valence-corrected chi connectivity index (χ1v) is 6.65. The van der Waals surface area contributed by atoms with Crippen molar-refractivity contribution in [3.8, 4) is 0 Å². The molecule has 102 valence electrons. The lowest BCUT2D eigenvalue weighted by molar-refractivity contribution is 0.220. The Balaban J connectivity index is 2.81. The zero-order valence-electron chi connectivity index (χ0n) is 11.5. The molecule has 18 heavy (non-hydrogen) atoms. The van der Waals surface area contributed by atoms with E-state index in [0.717, 1.165) is 36.6 Å². The predicted molar refractivity (Wildman–Crippen MR) is 75.1 cm³/mol. The molecule has 0 aliphatic rings. The number of aliphatic hydroxyl groups is 1. The van der Waals surface area contributed by atoms with Gasteiger partial charge in [-0.3, -0.25) is 0 Å². The fourth-order valence-corrected chi connectivity index (χ4v) is 1.76. The van der Waals surface area contributed by atoms with Gasteiger partial charge in [-0.1, -0.05) is 32.4 Å². The standard InChI is InChI=1S/C13H22ClN3O/c1-5-10-16-11(14)9(2)12(17-10)15-8-13(3,4)6-7-18/h18H,5-8H2,1-4H3,(H,15,16,17). The van der Waals surface area contributed by atoms with Crippen molar-refractivity contribution >= 4 is 17.4 Å². The van der Waals surface area contributed by atoms with E-state index in [4.69, 9.17) is 16.7 Å². The van der Waals surface area contributed by atoms with Crippen molar-refractivity contribution in [3.63, 3.8) is 0 Å². The maximum absolute atomic E-state index is 9.01. The fourth-order valence-electron chi connectivity index (χ4n) is 1.58. The maximum atomic E-state index is 9.01. The largest absolute Gasteiger partial charge is 0.396 e. The van der Waals surface area contributed by atoms with Gasteiger partial charge in [-0.2, -0.15) is 0 Å². The molecule has 4 nitrogen and oxygen atoms in total. The second-order valence-corrected chi connectivity index (χ2v) is 5.61. The van der Waals surface area contributed by atoms with Gasteiger partial charge in [0.1, 0.15) is 16.8 Å². The van der Waals surface area contributed by atoms with E-state index in [9.17, 15) is 0 Å². The minimum atomic E-state index is 0.0188. The molecule has 5 heteroatoms. The molecule has 0 aromatic carbocycles. The Hall–Kier alpha value is -0.870. The number of hydrogen-bond donors (Lipinski definition) is 2. The smallest absolute Gasteiger partial charge is 0.137 e. The maximum Gasteiger partial charge on any atom is 0.137 e. The minimum Gasteiger partial charge on any atom is -0.396 e. The summed E-state index contributed by atoms with van der Waals surface area (Å²) in [5.41, 5.74) is 0.888. The lowest BCUT2D eigenvalue weighted by Gasteiger charge is -2.24. The zero-order valence-corrected chi connectivity index (χ0v) is 12.3. The van der Waals surface area contributed by atoms with E-state index in [-0.39, 0.29) is 12.0 Å². The molecule has 2 N–H and O–H groups in total. The van der Waals surface area contributed by atoms with Crippen LogP contribution in [0, 0.1) is 12.3 Å². The van der Waals surface area contributed by atoms with Crippen LogP contribution in [0.2, 0.25) is 5.15 Å². The number of aryl methyl sites for hydroxylation is 1. The number of aliphatic hydroxyl groups excluding tert-OH is 1. The van der Waals surface area contributed by atoms with Gasteiger partial charge < -0.3 is 10.4 Å². The van der Waals surface area contributed by atoms with E-state index in [1.807, 2.05) is 13.8 Å². The number of nitrogens with one attached hydrogen (secondary N) is 1. The quantitative estimate of drug-likeness (QED) is 0.781. The molecule has 0 saturated heterocycles. The van der Waals surface area contributed by atoms with Gasteiger partial charge in [0, 0.05) is 25.1 Å². The van der Waals surface area contributed by atoms with Crippen LogP contribution in [-0.2, 0) is 6.42 Å². The van der Waals surface area contributed by atoms with Gasteiger partial charge in [0.2, 0.25) is 0 Å². The van der Waals surface area contributed by atoms with Gasteiger partial charge in [0.25, 0.3) is 0 Å². The molecule has 0 spiro atoms. The number of nitrogens with zero attached hydrogens (tertiary/aromatic N) is 2. The van der Waals surface area contributed by atoms with Crippen LogP contribution in [-0.4, -0.2) is 28.2 Å². The first-order chi connectivity index (χ1) is 8.39. The Bertz CT molecular complexity index is 407. The molecule has 0 aliphatic heterocycles. The van der Waals surface area contributed by atoms with Crippen molar-refractivity contribution in [3.05, 3.63) is 16.5 Å². The Morgan fingerprint density at radius 3 is 2.56 bits per heavy atom. The van der Waals surface area contributed by atoms with E-state index < -0.39 is 0 Å². The average molecular weight is 272 g/mol. The molecule has 0 atom stereocenters. The molecule has 1 aromatic heterocycles. The number of halogens is 1. The third-order valence-electron chi connectivity index (χ3n) is 2.97. The molecule has 0 amide bonds. The molecule has 0 radical (unpaired) electrons. The molecule has 1 heterocycles. The summed E-state index contributed by atoms with van der Waals surface area (Å²) < 4.78 is 0. The second-order valence-electron chi connectivity index (χ2n) is 5.25. The van der Waals surface area contributed by atoms with Crippen molar-refractivity contribution in [1.82, 2.24) is 9.97 Å². The highest BCUT2D eigenvalue weighted by molar-refractivity contribution is 6.30. The van der Waals surface area contributed by atoms with Gasteiger partial charge in [-0.05, 0) is 18.8 Å². The minimum absolute atomic E-state index is 0.0188. The summed E-state index contributed by atoms with van der Waals surface area (Å²) in [6.45, 7) is 9.05. The highest BCUT2D eigenvalue weighted by atomic mass is 35.5. The normalized spacial score (nSPS) is 11.7. The Morgan fingerprint density at radius 1 is 1.33 bits per heavy atom. The molecule has 0 saturated carbocycles. The summed E-state index contributed by atoms with van der Waals surface area (Å²) in [6, 6.07) is 0. The molecule has 1 rings (SSSR count). The average Bonchev–Trinajstić information content (AvgIpc) is 2.30. The van der Waals surface area contributed by atoms with Crippen LogP contribution in [0.25, 0.3) is 0 Å². The Morgan fingerprint density at radius 2 is 2.00 bits per heavy atom. The third kappa shape index (κ3) is 4.10. The van der Waals surface area contributed by atoms with Crippen molar-refractivity contribution in [2.24, 2.45) is 5.41 Å². The number of anilines is 1. The van der Waals surface area contributed by atoms with Gasteiger partial charge >= 0.3 is 0 Å². The van der Waals surface area contributed by atoms with Crippen molar-refractivity contribution in [1.29, 1.82) is 0 Å². The van der Waals surface area contributed by atoms with E-state index in [1.165, 1.54) is 0 Å². The van der Waals surface area contributed by atoms with Crippen molar-refractivity contribution < 1.29 is 5.11 Å². The fraction of sp³-hybridized carbons (Fsp3) is 0.692. The summed E-state index contributed by atoms with van der Waals surface area (Å²) in [7, 11) is 0. The Labute approximate surface area is 114 Å². The van der Waals surface area contributed by atoms with Crippen LogP contribution >= 0.6 is 11.6 Å². The first-order valence-electron chi connectivity index (χ1n) is 6.27. The van der Waals surface area contributed by atoms with Crippen molar-refractivity contribution in [2.45, 2.75) is 40.5 Å². The van der Waals surface area contributed by atoms with E-state index in [2.05, 4.69) is 29.1 Å². The molecule has 0 aliphatic carbocycles. The van der Waals surface area contributed by atoms with Crippen LogP contribution in [0.1, 0.15) is 38.6 Å². The van der Waals surface area contributed by atoms with Crippen LogP contribution in [0.3, 0.4) is 0 Å². The molecule has 0 bridgehead atoms. The Kier molecular flexibility index (Phi) is 5.35.